The van der Waals surface area contributed by atoms with Gasteiger partial charge in [-0.25, -0.2) is 9.97 Å². The second-order valence-corrected chi connectivity index (χ2v) is 5.95. The van der Waals surface area contributed by atoms with Gasteiger partial charge in [0.2, 0.25) is 5.82 Å². The fourth-order valence-electron chi connectivity index (χ4n) is 1.84. The van der Waals surface area contributed by atoms with E-state index in [0.717, 1.165) is 0 Å². The smallest absolute Gasteiger partial charge is 0.356 e. The average molecular weight is 310 g/mol. The number of hydrogen-bond donors (Lipinski definition) is 0. The van der Waals surface area contributed by atoms with Crippen LogP contribution in [0.25, 0.3) is 0 Å². The SMILES string of the molecule is CC(C)CN(CC(C)C)c1cc(Cl)nc(C(F)(F)F)n1. The summed E-state index contributed by atoms with van der Waals surface area (Å²) in [6.07, 6.45) is -4.60. The number of alkyl halides is 3. The van der Waals surface area contributed by atoms with Gasteiger partial charge in [0.15, 0.2) is 0 Å². The first-order valence-electron chi connectivity index (χ1n) is 6.46. The highest BCUT2D eigenvalue weighted by Crippen LogP contribution is 2.29. The molecule has 0 aromatic carbocycles. The molecule has 114 valence electrons. The quantitative estimate of drug-likeness (QED) is 0.761. The van der Waals surface area contributed by atoms with Gasteiger partial charge in [0.05, 0.1) is 0 Å². The number of halogens is 4. The van der Waals surface area contributed by atoms with Crippen LogP contribution in [0.1, 0.15) is 33.5 Å². The molecule has 0 saturated heterocycles. The van der Waals surface area contributed by atoms with Crippen LogP contribution in [-0.2, 0) is 6.18 Å². The van der Waals surface area contributed by atoms with Gasteiger partial charge in [0.1, 0.15) is 11.0 Å². The lowest BCUT2D eigenvalue weighted by Gasteiger charge is -2.27. The van der Waals surface area contributed by atoms with Crippen LogP contribution in [0.15, 0.2) is 6.07 Å². The highest BCUT2D eigenvalue weighted by molar-refractivity contribution is 6.29. The Labute approximate surface area is 122 Å². The predicted octanol–water partition coefficient (Wildman–Crippen LogP) is 4.27. The first-order valence-corrected chi connectivity index (χ1v) is 6.84. The molecule has 20 heavy (non-hydrogen) atoms. The summed E-state index contributed by atoms with van der Waals surface area (Å²) in [7, 11) is 0. The zero-order chi connectivity index (χ0) is 15.5. The van der Waals surface area contributed by atoms with Crippen molar-refractivity contribution in [3.8, 4) is 0 Å². The van der Waals surface area contributed by atoms with Crippen molar-refractivity contribution >= 4 is 17.4 Å². The number of hydrogen-bond acceptors (Lipinski definition) is 3. The zero-order valence-corrected chi connectivity index (χ0v) is 12.8. The van der Waals surface area contributed by atoms with Crippen molar-refractivity contribution in [2.75, 3.05) is 18.0 Å². The highest BCUT2D eigenvalue weighted by Gasteiger charge is 2.35. The lowest BCUT2D eigenvalue weighted by molar-refractivity contribution is -0.144. The molecule has 0 spiro atoms. The van der Waals surface area contributed by atoms with E-state index in [2.05, 4.69) is 9.97 Å². The molecule has 0 bridgehead atoms. The van der Waals surface area contributed by atoms with Crippen LogP contribution in [0.3, 0.4) is 0 Å². The number of anilines is 1. The topological polar surface area (TPSA) is 29.0 Å². The van der Waals surface area contributed by atoms with Crippen LogP contribution in [-0.4, -0.2) is 23.1 Å². The minimum Gasteiger partial charge on any atom is -0.356 e. The third kappa shape index (κ3) is 5.15. The van der Waals surface area contributed by atoms with Crippen LogP contribution in [0, 0.1) is 11.8 Å². The van der Waals surface area contributed by atoms with E-state index in [1.165, 1.54) is 6.07 Å². The molecule has 0 amide bonds. The Morgan fingerprint density at radius 3 is 2.00 bits per heavy atom. The summed E-state index contributed by atoms with van der Waals surface area (Å²) in [5.74, 6) is -0.370. The molecule has 7 heteroatoms. The van der Waals surface area contributed by atoms with Crippen LogP contribution in [0.5, 0.6) is 0 Å². The molecule has 0 unspecified atom stereocenters. The van der Waals surface area contributed by atoms with E-state index in [-0.39, 0.29) is 11.0 Å². The van der Waals surface area contributed by atoms with Crippen molar-refractivity contribution in [1.82, 2.24) is 9.97 Å². The molecule has 0 aliphatic carbocycles. The van der Waals surface area contributed by atoms with Crippen molar-refractivity contribution in [3.05, 3.63) is 17.0 Å². The monoisotopic (exact) mass is 309 g/mol. The van der Waals surface area contributed by atoms with E-state index in [4.69, 9.17) is 11.6 Å². The van der Waals surface area contributed by atoms with E-state index in [1.807, 2.05) is 32.6 Å². The average Bonchev–Trinajstić information content (AvgIpc) is 2.24. The van der Waals surface area contributed by atoms with E-state index in [1.54, 1.807) is 0 Å². The number of aromatic nitrogens is 2. The van der Waals surface area contributed by atoms with Gasteiger partial charge in [-0.1, -0.05) is 39.3 Å². The number of rotatable bonds is 5. The van der Waals surface area contributed by atoms with Gasteiger partial charge in [-0.05, 0) is 11.8 Å². The van der Waals surface area contributed by atoms with Gasteiger partial charge < -0.3 is 4.90 Å². The minimum atomic E-state index is -4.60. The summed E-state index contributed by atoms with van der Waals surface area (Å²) in [6, 6.07) is 1.38. The molecule has 0 aliphatic heterocycles. The fraction of sp³-hybridized carbons (Fsp3) is 0.692. The van der Waals surface area contributed by atoms with Crippen molar-refractivity contribution in [2.24, 2.45) is 11.8 Å². The molecule has 0 N–H and O–H groups in total. The lowest BCUT2D eigenvalue weighted by Crippen LogP contribution is -2.32. The fourth-order valence-corrected chi connectivity index (χ4v) is 2.02. The van der Waals surface area contributed by atoms with E-state index >= 15 is 0 Å². The Morgan fingerprint density at radius 1 is 1.10 bits per heavy atom. The van der Waals surface area contributed by atoms with Crippen molar-refractivity contribution in [1.29, 1.82) is 0 Å². The first-order chi connectivity index (χ1) is 9.09. The maximum absolute atomic E-state index is 12.7. The highest BCUT2D eigenvalue weighted by atomic mass is 35.5. The molecular weight excluding hydrogens is 291 g/mol. The summed E-state index contributed by atoms with van der Waals surface area (Å²) in [5.41, 5.74) is 0. The second-order valence-electron chi connectivity index (χ2n) is 5.56. The summed E-state index contributed by atoms with van der Waals surface area (Å²) >= 11 is 5.70. The maximum Gasteiger partial charge on any atom is 0.451 e. The summed E-state index contributed by atoms with van der Waals surface area (Å²) in [4.78, 5) is 8.68. The molecule has 0 atom stereocenters. The van der Waals surface area contributed by atoms with Crippen molar-refractivity contribution < 1.29 is 13.2 Å². The van der Waals surface area contributed by atoms with Crippen LogP contribution in [0.4, 0.5) is 19.0 Å². The molecule has 1 aromatic rings. The Bertz CT molecular complexity index is 437. The molecule has 0 fully saturated rings. The number of nitrogens with zero attached hydrogens (tertiary/aromatic N) is 3. The van der Waals surface area contributed by atoms with Crippen molar-refractivity contribution in [2.45, 2.75) is 33.9 Å². The standard InChI is InChI=1S/C13H19ClF3N3/c1-8(2)6-20(7-9(3)4)11-5-10(14)18-12(19-11)13(15,16)17/h5,8-9H,6-7H2,1-4H3. The summed E-state index contributed by atoms with van der Waals surface area (Å²) in [6.45, 7) is 9.23. The first kappa shape index (κ1) is 17.0. The van der Waals surface area contributed by atoms with Gasteiger partial charge in [-0.2, -0.15) is 13.2 Å². The van der Waals surface area contributed by atoms with Gasteiger partial charge in [-0.15, -0.1) is 0 Å². The summed E-state index contributed by atoms with van der Waals surface area (Å²) in [5, 5.41) is -0.195. The molecular formula is C13H19ClF3N3. The van der Waals surface area contributed by atoms with Crippen LogP contribution in [0.2, 0.25) is 5.15 Å². The molecule has 0 aliphatic rings. The van der Waals surface area contributed by atoms with E-state index < -0.39 is 12.0 Å². The molecule has 1 aromatic heterocycles. The Kier molecular flexibility index (Phi) is 5.62. The Balaban J connectivity index is 3.15. The Hall–Kier alpha value is -1.04. The minimum absolute atomic E-state index is 0.195. The predicted molar refractivity (Wildman–Crippen MR) is 73.9 cm³/mol. The molecule has 1 heterocycles. The molecule has 0 radical (unpaired) electrons. The summed E-state index contributed by atoms with van der Waals surface area (Å²) < 4.78 is 38.2. The van der Waals surface area contributed by atoms with E-state index in [9.17, 15) is 13.2 Å². The lowest BCUT2D eigenvalue weighted by atomic mass is 10.1. The third-order valence-corrected chi connectivity index (χ3v) is 2.62. The van der Waals surface area contributed by atoms with Gasteiger partial charge >= 0.3 is 6.18 Å². The maximum atomic E-state index is 12.7. The largest absolute Gasteiger partial charge is 0.451 e. The van der Waals surface area contributed by atoms with Crippen LogP contribution < -0.4 is 4.90 Å². The van der Waals surface area contributed by atoms with Crippen molar-refractivity contribution in [3.63, 3.8) is 0 Å². The Morgan fingerprint density at radius 2 is 1.60 bits per heavy atom. The molecule has 0 saturated carbocycles. The third-order valence-electron chi connectivity index (χ3n) is 2.43. The van der Waals surface area contributed by atoms with E-state index in [0.29, 0.717) is 24.9 Å². The second kappa shape index (κ2) is 6.61. The normalized spacial score (nSPS) is 12.3. The van der Waals surface area contributed by atoms with Gasteiger partial charge in [-0.3, -0.25) is 0 Å². The van der Waals surface area contributed by atoms with Gasteiger partial charge in [0, 0.05) is 19.2 Å². The molecule has 3 nitrogen and oxygen atoms in total. The molecule has 1 rings (SSSR count). The van der Waals surface area contributed by atoms with Gasteiger partial charge in [0.25, 0.3) is 0 Å². The van der Waals surface area contributed by atoms with Crippen LogP contribution >= 0.6 is 11.6 Å². The zero-order valence-electron chi connectivity index (χ0n) is 12.0.